The van der Waals surface area contributed by atoms with Crippen LogP contribution in [0.4, 0.5) is 0 Å². The smallest absolute Gasteiger partial charge is 0.228 e. The number of allylic oxidation sites excluding steroid dienone is 3. The van der Waals surface area contributed by atoms with Gasteiger partial charge in [0.25, 0.3) is 0 Å². The Hall–Kier alpha value is -4.89. The van der Waals surface area contributed by atoms with E-state index in [2.05, 4.69) is 28.0 Å². The first kappa shape index (κ1) is 50.5. The van der Waals surface area contributed by atoms with Gasteiger partial charge >= 0.3 is 0 Å². The molecule has 11 nitrogen and oxygen atoms in total. The summed E-state index contributed by atoms with van der Waals surface area (Å²) in [6.45, 7) is 47.1. The number of fused-ring (bicyclic) bond motifs is 3. The van der Waals surface area contributed by atoms with Crippen LogP contribution in [0, 0.1) is 67.8 Å². The molecule has 3 aliphatic heterocycles. The summed E-state index contributed by atoms with van der Waals surface area (Å²) in [5, 5.41) is 12.3. The van der Waals surface area contributed by atoms with Gasteiger partial charge in [-0.1, -0.05) is 138 Å². The molecule has 1 unspecified atom stereocenters. The number of carbonyl (C=O) groups excluding carboxylic acids is 5. The van der Waals surface area contributed by atoms with Crippen LogP contribution in [-0.2, 0) is 24.0 Å². The molecule has 0 saturated heterocycles. The van der Waals surface area contributed by atoms with E-state index in [-0.39, 0.29) is 58.4 Å². The predicted octanol–water partition coefficient (Wildman–Crippen LogP) is 8.44. The van der Waals surface area contributed by atoms with Crippen molar-refractivity contribution in [2.75, 3.05) is 39.3 Å². The third-order valence-electron chi connectivity index (χ3n) is 12.9. The summed E-state index contributed by atoms with van der Waals surface area (Å²) in [5.41, 5.74) is -0.00127. The predicted molar refractivity (Wildman–Crippen MR) is 240 cm³/mol. The van der Waals surface area contributed by atoms with E-state index in [4.69, 9.17) is 18.4 Å². The fourth-order valence-electron chi connectivity index (χ4n) is 10.0. The van der Waals surface area contributed by atoms with Gasteiger partial charge in [-0.2, -0.15) is 5.26 Å². The van der Waals surface area contributed by atoms with Gasteiger partial charge in [0.15, 0.2) is 17.3 Å². The van der Waals surface area contributed by atoms with Gasteiger partial charge in [-0.3, -0.25) is 14.4 Å². The monoisotopic (exact) mass is 852 g/mol. The third kappa shape index (κ3) is 9.18. The van der Waals surface area contributed by atoms with E-state index in [1.807, 2.05) is 131 Å². The number of ketones is 3. The molecule has 0 bridgehead atoms. The van der Waals surface area contributed by atoms with Crippen molar-refractivity contribution in [2.45, 2.75) is 104 Å². The van der Waals surface area contributed by atoms with Crippen molar-refractivity contribution in [3.8, 4) is 6.07 Å². The third-order valence-corrected chi connectivity index (χ3v) is 12.9. The summed E-state index contributed by atoms with van der Waals surface area (Å²) < 4.78 is 0. The second-order valence-electron chi connectivity index (χ2n) is 21.4. The van der Waals surface area contributed by atoms with Gasteiger partial charge in [-0.05, 0) is 19.4 Å². The maximum absolute atomic E-state index is 12.6. The lowest BCUT2D eigenvalue weighted by atomic mass is 9.60. The van der Waals surface area contributed by atoms with Crippen LogP contribution in [0.2, 0.25) is 0 Å². The van der Waals surface area contributed by atoms with Gasteiger partial charge in [0.05, 0.1) is 24.1 Å². The molecule has 3 heterocycles. The Kier molecular flexibility index (Phi) is 13.9. The number of hydrogen-bond acceptors (Lipinski definition) is 7. The zero-order chi connectivity index (χ0) is 45.8. The summed E-state index contributed by atoms with van der Waals surface area (Å²) >= 11 is 0. The Morgan fingerprint density at radius 2 is 1.00 bits per heavy atom. The lowest BCUT2D eigenvalue weighted by Crippen LogP contribution is -2.52. The highest BCUT2D eigenvalue weighted by atomic mass is 35.5. The van der Waals surface area contributed by atoms with Crippen LogP contribution >= 0.6 is 12.4 Å². The molecule has 0 spiro atoms. The summed E-state index contributed by atoms with van der Waals surface area (Å²) in [6.07, 6.45) is 11.4. The summed E-state index contributed by atoms with van der Waals surface area (Å²) in [6, 6.07) is 2.02. The maximum atomic E-state index is 12.6. The fourth-order valence-corrected chi connectivity index (χ4v) is 10.0. The van der Waals surface area contributed by atoms with Crippen molar-refractivity contribution in [3.05, 3.63) is 93.0 Å². The number of nitriles is 1. The molecule has 6 rings (SSSR count). The molecular weight excluding hydrogens is 788 g/mol. The number of halogens is 1. The van der Waals surface area contributed by atoms with E-state index < -0.39 is 37.9 Å². The topological polar surface area (TPSA) is 136 Å². The zero-order valence-corrected chi connectivity index (χ0v) is 39.7. The Bertz CT molecular complexity index is 2120. The Morgan fingerprint density at radius 3 is 1.34 bits per heavy atom. The van der Waals surface area contributed by atoms with Crippen LogP contribution in [0.15, 0.2) is 70.1 Å². The SMILES string of the molecule is CC12C=C(C#N)C(=O)C(C)(C)C1=CCNC2.Cl.[C-]#[N+]C1=C[C@@]2(C)CN(C(=O)C(C)(C)C)CC=C2C(C)(C)C1=O.[C-]#[N+]C1=C[C@]2(C)CN(C(=O)C(C)(C)C)CC=C2C(C)(C)C1=O. The number of nitrogens with one attached hydrogen (secondary N) is 1. The second-order valence-corrected chi connectivity index (χ2v) is 21.4. The Balaban J connectivity index is 0.000000245. The molecule has 2 amide bonds. The highest BCUT2D eigenvalue weighted by Gasteiger charge is 2.52. The molecule has 6 aliphatic rings. The molecule has 0 saturated carbocycles. The minimum Gasteiger partial charge on any atom is -0.337 e. The number of carbonyl (C=O) groups is 5. The molecule has 3 atom stereocenters. The van der Waals surface area contributed by atoms with Gasteiger partial charge in [-0.25, -0.2) is 9.69 Å². The summed E-state index contributed by atoms with van der Waals surface area (Å²) in [4.78, 5) is 72.6. The number of nitrogens with zero attached hydrogens (tertiary/aromatic N) is 5. The van der Waals surface area contributed by atoms with Crippen LogP contribution in [0.1, 0.15) is 104 Å². The van der Waals surface area contributed by atoms with E-state index in [9.17, 15) is 24.0 Å². The molecule has 0 fully saturated rings. The Labute approximate surface area is 370 Å². The van der Waals surface area contributed by atoms with Crippen molar-refractivity contribution in [1.29, 1.82) is 5.26 Å². The van der Waals surface area contributed by atoms with E-state index >= 15 is 0 Å². The van der Waals surface area contributed by atoms with Crippen molar-refractivity contribution in [3.63, 3.8) is 0 Å². The van der Waals surface area contributed by atoms with Crippen molar-refractivity contribution < 1.29 is 24.0 Å². The van der Waals surface area contributed by atoms with Gasteiger partial charge in [0.2, 0.25) is 23.2 Å². The van der Waals surface area contributed by atoms with E-state index in [0.717, 1.165) is 29.8 Å². The quantitative estimate of drug-likeness (QED) is 0.191. The molecule has 61 heavy (non-hydrogen) atoms. The van der Waals surface area contributed by atoms with Gasteiger partial charge in [0, 0.05) is 77.2 Å². The number of hydrogen-bond donors (Lipinski definition) is 1. The first-order valence-electron chi connectivity index (χ1n) is 20.7. The maximum Gasteiger partial charge on any atom is 0.228 e. The minimum atomic E-state index is -0.680. The van der Waals surface area contributed by atoms with Crippen LogP contribution in [0.5, 0.6) is 0 Å². The van der Waals surface area contributed by atoms with Crippen LogP contribution < -0.4 is 5.32 Å². The molecule has 1 N–H and O–H groups in total. The molecule has 0 radical (unpaired) electrons. The number of rotatable bonds is 0. The van der Waals surface area contributed by atoms with Gasteiger partial charge in [0.1, 0.15) is 6.07 Å². The van der Waals surface area contributed by atoms with Crippen molar-refractivity contribution in [2.24, 2.45) is 43.3 Å². The highest BCUT2D eigenvalue weighted by molar-refractivity contribution is 6.07. The first-order valence-corrected chi connectivity index (χ1v) is 20.7. The number of amides is 2. The number of Topliss-reactive ketones (excluding diaryl/α,β-unsaturated/α-hetero) is 3. The average molecular weight is 854 g/mol. The van der Waals surface area contributed by atoms with Crippen molar-refractivity contribution >= 4 is 41.6 Å². The standard InChI is InChI=1S/2C18H24N2O2.C13H16N2O.ClH/c2*1-16(2,3)15(22)20-9-8-13-17(4,5)14(21)12(19-7)10-18(13,6)11-20;1-12(2)10-4-5-15-8-13(10,3)6-9(7-14)11(12)16;/h2*8,10H,9,11H2,1-6H3;4,6,15H,5,8H2,1-3H3;1H/t2*18-;;/m10../s1. The molecule has 12 heteroatoms. The van der Waals surface area contributed by atoms with Crippen molar-refractivity contribution in [1.82, 2.24) is 15.1 Å². The lowest BCUT2D eigenvalue weighted by molar-refractivity contribution is -0.141. The van der Waals surface area contributed by atoms with Gasteiger partial charge < -0.3 is 24.7 Å². The second kappa shape index (κ2) is 16.8. The average Bonchev–Trinajstić information content (AvgIpc) is 3.15. The minimum absolute atomic E-state index is 0. The largest absolute Gasteiger partial charge is 0.337 e. The Morgan fingerprint density at radius 1 is 0.639 bits per heavy atom. The fraction of sp³-hybridized carbons (Fsp3) is 0.592. The van der Waals surface area contributed by atoms with E-state index in [0.29, 0.717) is 31.8 Å². The molecule has 0 aromatic heterocycles. The lowest BCUT2D eigenvalue weighted by Gasteiger charge is -2.48. The van der Waals surface area contributed by atoms with Gasteiger partial charge in [-0.15, -0.1) is 12.4 Å². The molecule has 0 aromatic carbocycles. The first-order chi connectivity index (χ1) is 27.3. The van der Waals surface area contributed by atoms with E-state index in [1.54, 1.807) is 12.2 Å². The summed E-state index contributed by atoms with van der Waals surface area (Å²) in [7, 11) is 0. The van der Waals surface area contributed by atoms with E-state index in [1.165, 1.54) is 0 Å². The zero-order valence-electron chi connectivity index (χ0n) is 38.9. The molecule has 328 valence electrons. The molecular formula is C49H65ClN6O5. The normalized spacial score (nSPS) is 28.3. The molecule has 0 aromatic rings. The van der Waals surface area contributed by atoms with Crippen LogP contribution in [0.3, 0.4) is 0 Å². The van der Waals surface area contributed by atoms with Crippen LogP contribution in [-0.4, -0.2) is 78.2 Å². The summed E-state index contributed by atoms with van der Waals surface area (Å²) in [5.74, 6) is -0.114. The highest BCUT2D eigenvalue weighted by Crippen LogP contribution is 2.52. The molecule has 3 aliphatic carbocycles. The van der Waals surface area contributed by atoms with Crippen LogP contribution in [0.25, 0.3) is 9.69 Å².